The number of β-amino-alcohol motifs (C(OH)–C–C–N with tert-alkyl or cyclic N) is 1. The summed E-state index contributed by atoms with van der Waals surface area (Å²) < 4.78 is 5.72. The molecule has 25 heavy (non-hydrogen) atoms. The fourth-order valence-electron chi connectivity index (χ4n) is 3.35. The van der Waals surface area contributed by atoms with Gasteiger partial charge in [0.1, 0.15) is 11.3 Å². The number of hydrogen-bond acceptors (Lipinski definition) is 5. The summed E-state index contributed by atoms with van der Waals surface area (Å²) in [4.78, 5) is 27.2. The van der Waals surface area contributed by atoms with Crippen LogP contribution >= 0.6 is 0 Å². The van der Waals surface area contributed by atoms with Gasteiger partial charge in [0.25, 0.3) is 5.91 Å². The van der Waals surface area contributed by atoms with E-state index in [2.05, 4.69) is 0 Å². The number of hydrogen-bond donors (Lipinski definition) is 2. The Labute approximate surface area is 142 Å². The number of para-hydroxylation sites is 1. The first-order valence-electron chi connectivity index (χ1n) is 7.88. The van der Waals surface area contributed by atoms with Gasteiger partial charge in [0.15, 0.2) is 5.43 Å². The number of aliphatic hydroxyl groups is 1. The standard InChI is InChI=1S/C19H15NO5/c21-9-8-20-16(11-4-3-5-12(22)10-11)15-17(23)13-6-1-2-7-14(13)25-18(15)19(20)24/h1-7,10,16,21-22H,8-9H2/t16-/m1/s1. The molecule has 0 aliphatic carbocycles. The van der Waals surface area contributed by atoms with E-state index < -0.39 is 11.9 Å². The predicted molar refractivity (Wildman–Crippen MR) is 90.6 cm³/mol. The molecule has 1 aromatic heterocycles. The molecule has 0 bridgehead atoms. The van der Waals surface area contributed by atoms with Crippen molar-refractivity contribution in [2.75, 3.05) is 13.2 Å². The van der Waals surface area contributed by atoms with Gasteiger partial charge in [0, 0.05) is 6.54 Å². The van der Waals surface area contributed by atoms with Gasteiger partial charge in [0.2, 0.25) is 5.76 Å². The first kappa shape index (κ1) is 15.4. The summed E-state index contributed by atoms with van der Waals surface area (Å²) in [6, 6.07) is 12.4. The second-order valence-electron chi connectivity index (χ2n) is 5.89. The summed E-state index contributed by atoms with van der Waals surface area (Å²) in [6.07, 6.45) is 0. The van der Waals surface area contributed by atoms with Gasteiger partial charge >= 0.3 is 0 Å². The quantitative estimate of drug-likeness (QED) is 0.763. The lowest BCUT2D eigenvalue weighted by Gasteiger charge is -2.24. The second-order valence-corrected chi connectivity index (χ2v) is 5.89. The maximum absolute atomic E-state index is 13.0. The average molecular weight is 337 g/mol. The number of carbonyl (C=O) groups excluding carboxylic acids is 1. The molecule has 0 saturated heterocycles. The van der Waals surface area contributed by atoms with E-state index in [1.54, 1.807) is 36.4 Å². The van der Waals surface area contributed by atoms with Crippen molar-refractivity contribution in [3.63, 3.8) is 0 Å². The molecule has 1 amide bonds. The first-order valence-corrected chi connectivity index (χ1v) is 7.88. The lowest BCUT2D eigenvalue weighted by atomic mass is 9.98. The maximum atomic E-state index is 13.0. The highest BCUT2D eigenvalue weighted by Gasteiger charge is 2.42. The van der Waals surface area contributed by atoms with Crippen molar-refractivity contribution in [1.82, 2.24) is 4.90 Å². The lowest BCUT2D eigenvalue weighted by molar-refractivity contribution is 0.0691. The van der Waals surface area contributed by atoms with Crippen molar-refractivity contribution in [3.05, 3.63) is 75.6 Å². The van der Waals surface area contributed by atoms with Crippen LogP contribution in [-0.2, 0) is 0 Å². The highest BCUT2D eigenvalue weighted by Crippen LogP contribution is 2.38. The number of carbonyl (C=O) groups is 1. The molecule has 2 N–H and O–H groups in total. The minimum absolute atomic E-state index is 0.00880. The molecule has 0 fully saturated rings. The smallest absolute Gasteiger partial charge is 0.290 e. The van der Waals surface area contributed by atoms with Crippen LogP contribution in [0, 0.1) is 0 Å². The summed E-state index contributed by atoms with van der Waals surface area (Å²) in [6.45, 7) is -0.193. The summed E-state index contributed by atoms with van der Waals surface area (Å²) in [5.74, 6) is -0.418. The minimum Gasteiger partial charge on any atom is -0.508 e. The van der Waals surface area contributed by atoms with Crippen LogP contribution in [0.25, 0.3) is 11.0 Å². The van der Waals surface area contributed by atoms with E-state index >= 15 is 0 Å². The molecule has 0 radical (unpaired) electrons. The molecule has 1 aliphatic rings. The van der Waals surface area contributed by atoms with Gasteiger partial charge in [-0.2, -0.15) is 0 Å². The van der Waals surface area contributed by atoms with Crippen LogP contribution in [0.5, 0.6) is 5.75 Å². The lowest BCUT2D eigenvalue weighted by Crippen LogP contribution is -2.32. The van der Waals surface area contributed by atoms with Gasteiger partial charge in [-0.05, 0) is 29.8 Å². The zero-order valence-electron chi connectivity index (χ0n) is 13.2. The van der Waals surface area contributed by atoms with Crippen LogP contribution < -0.4 is 5.43 Å². The second kappa shape index (κ2) is 5.75. The number of nitrogens with zero attached hydrogens (tertiary/aromatic N) is 1. The van der Waals surface area contributed by atoms with E-state index in [0.29, 0.717) is 16.5 Å². The number of phenolic OH excluding ortho intramolecular Hbond substituents is 1. The van der Waals surface area contributed by atoms with Crippen molar-refractivity contribution in [1.29, 1.82) is 0 Å². The molecule has 2 aromatic carbocycles. The molecule has 126 valence electrons. The third-order valence-corrected chi connectivity index (χ3v) is 4.40. The van der Waals surface area contributed by atoms with E-state index in [1.807, 2.05) is 0 Å². The fraction of sp³-hybridized carbons (Fsp3) is 0.158. The van der Waals surface area contributed by atoms with Gasteiger partial charge in [-0.3, -0.25) is 9.59 Å². The van der Waals surface area contributed by atoms with Crippen LogP contribution in [0.3, 0.4) is 0 Å². The Morgan fingerprint density at radius 3 is 2.64 bits per heavy atom. The Morgan fingerprint density at radius 1 is 1.08 bits per heavy atom. The minimum atomic E-state index is -0.706. The zero-order valence-corrected chi connectivity index (χ0v) is 13.2. The monoisotopic (exact) mass is 337 g/mol. The molecule has 4 rings (SSSR count). The average Bonchev–Trinajstić information content (AvgIpc) is 2.89. The van der Waals surface area contributed by atoms with Crippen molar-refractivity contribution in [2.45, 2.75) is 6.04 Å². The number of aliphatic hydroxyl groups excluding tert-OH is 1. The molecule has 3 aromatic rings. The topological polar surface area (TPSA) is 91.0 Å². The molecular formula is C19H15NO5. The van der Waals surface area contributed by atoms with Crippen LogP contribution in [-0.4, -0.2) is 34.2 Å². The predicted octanol–water partition coefficient (Wildman–Crippen LogP) is 2.04. The van der Waals surface area contributed by atoms with E-state index in [4.69, 9.17) is 4.42 Å². The number of phenols is 1. The molecule has 0 spiro atoms. The molecular weight excluding hydrogens is 322 g/mol. The van der Waals surface area contributed by atoms with Gasteiger partial charge < -0.3 is 19.5 Å². The first-order chi connectivity index (χ1) is 12.1. The third-order valence-electron chi connectivity index (χ3n) is 4.40. The third kappa shape index (κ3) is 2.30. The highest BCUT2D eigenvalue weighted by atomic mass is 16.3. The van der Waals surface area contributed by atoms with Crippen LogP contribution in [0.1, 0.15) is 27.7 Å². The molecule has 6 nitrogen and oxygen atoms in total. The number of amides is 1. The number of benzene rings is 2. The van der Waals surface area contributed by atoms with Crippen molar-refractivity contribution in [2.24, 2.45) is 0 Å². The molecule has 0 unspecified atom stereocenters. The number of rotatable bonds is 3. The fourth-order valence-corrected chi connectivity index (χ4v) is 3.35. The molecule has 2 heterocycles. The molecule has 1 atom stereocenters. The van der Waals surface area contributed by atoms with Crippen molar-refractivity contribution >= 4 is 16.9 Å². The Kier molecular flexibility index (Phi) is 3.54. The zero-order chi connectivity index (χ0) is 17.6. The van der Waals surface area contributed by atoms with Gasteiger partial charge in [-0.15, -0.1) is 0 Å². The Bertz CT molecular complexity index is 1040. The van der Waals surface area contributed by atoms with Gasteiger partial charge in [-0.25, -0.2) is 0 Å². The molecule has 0 saturated carbocycles. The van der Waals surface area contributed by atoms with Crippen molar-refractivity contribution in [3.8, 4) is 5.75 Å². The molecule has 6 heteroatoms. The van der Waals surface area contributed by atoms with E-state index in [9.17, 15) is 19.8 Å². The van der Waals surface area contributed by atoms with Crippen LogP contribution in [0.2, 0.25) is 0 Å². The number of aromatic hydroxyl groups is 1. The summed E-state index contributed by atoms with van der Waals surface area (Å²) in [7, 11) is 0. The maximum Gasteiger partial charge on any atom is 0.290 e. The SMILES string of the molecule is O=C1c2oc3ccccc3c(=O)c2[C@@H](c2cccc(O)c2)N1CCO. The summed E-state index contributed by atoms with van der Waals surface area (Å²) >= 11 is 0. The summed E-state index contributed by atoms with van der Waals surface area (Å²) in [5.41, 5.74) is 0.893. The van der Waals surface area contributed by atoms with Gasteiger partial charge in [0.05, 0.1) is 23.6 Å². The largest absolute Gasteiger partial charge is 0.508 e. The van der Waals surface area contributed by atoms with E-state index in [1.165, 1.54) is 17.0 Å². The Balaban J connectivity index is 2.02. The van der Waals surface area contributed by atoms with Crippen LogP contribution in [0.4, 0.5) is 0 Å². The molecule has 1 aliphatic heterocycles. The van der Waals surface area contributed by atoms with E-state index in [-0.39, 0.29) is 35.7 Å². The number of fused-ring (bicyclic) bond motifs is 2. The van der Waals surface area contributed by atoms with E-state index in [0.717, 1.165) is 0 Å². The Hall–Kier alpha value is -3.12. The van der Waals surface area contributed by atoms with Gasteiger partial charge in [-0.1, -0.05) is 24.3 Å². The van der Waals surface area contributed by atoms with Crippen molar-refractivity contribution < 1.29 is 19.4 Å². The highest BCUT2D eigenvalue weighted by molar-refractivity contribution is 5.99. The van der Waals surface area contributed by atoms with Crippen LogP contribution in [0.15, 0.2) is 57.7 Å². The normalized spacial score (nSPS) is 16.4. The summed E-state index contributed by atoms with van der Waals surface area (Å²) in [5, 5.41) is 19.5. The Morgan fingerprint density at radius 2 is 1.88 bits per heavy atom.